The summed E-state index contributed by atoms with van der Waals surface area (Å²) < 4.78 is 21.7. The van der Waals surface area contributed by atoms with Crippen molar-refractivity contribution >= 4 is 15.7 Å². The van der Waals surface area contributed by atoms with Gasteiger partial charge in [-0.2, -0.15) is 0 Å². The highest BCUT2D eigenvalue weighted by atomic mass is 32.2. The van der Waals surface area contributed by atoms with Gasteiger partial charge in [-0.3, -0.25) is 4.99 Å². The van der Waals surface area contributed by atoms with E-state index < -0.39 is 14.6 Å². The van der Waals surface area contributed by atoms with E-state index in [9.17, 15) is 8.42 Å². The first-order valence-electron chi connectivity index (χ1n) is 3.40. The summed E-state index contributed by atoms with van der Waals surface area (Å²) in [4.78, 5) is 3.89. The molecule has 1 heterocycles. The molecule has 0 aromatic rings. The van der Waals surface area contributed by atoms with Crippen molar-refractivity contribution in [3.8, 4) is 0 Å². The maximum atomic E-state index is 11.4. The fraction of sp³-hybridized carbons (Fsp3) is 0.833. The lowest BCUT2D eigenvalue weighted by molar-refractivity contribution is 0.572. The molecule has 11 heavy (non-hydrogen) atoms. The number of rotatable bonds is 0. The minimum absolute atomic E-state index is 0.112. The van der Waals surface area contributed by atoms with Gasteiger partial charge in [0.05, 0.1) is 12.3 Å². The van der Waals surface area contributed by atoms with Gasteiger partial charge >= 0.3 is 0 Å². The molecule has 0 saturated carbocycles. The van der Waals surface area contributed by atoms with Crippen molar-refractivity contribution in [3.05, 3.63) is 0 Å². The molecule has 0 aromatic carbocycles. The van der Waals surface area contributed by atoms with E-state index in [-0.39, 0.29) is 11.6 Å². The molecule has 0 radical (unpaired) electrons. The Kier molecular flexibility index (Phi) is 1.70. The SMILES string of the molecule is CC1(C)C(N)=NCCS1(=O)=O. The zero-order valence-corrected chi connectivity index (χ0v) is 7.48. The molecule has 0 aromatic heterocycles. The Morgan fingerprint density at radius 1 is 1.55 bits per heavy atom. The first-order chi connectivity index (χ1) is 4.88. The highest BCUT2D eigenvalue weighted by molar-refractivity contribution is 7.93. The predicted molar refractivity (Wildman–Crippen MR) is 44.4 cm³/mol. The number of sulfone groups is 1. The van der Waals surface area contributed by atoms with Crippen LogP contribution in [0, 0.1) is 0 Å². The second kappa shape index (κ2) is 2.20. The van der Waals surface area contributed by atoms with E-state index in [0.29, 0.717) is 6.54 Å². The summed E-state index contributed by atoms with van der Waals surface area (Å²) in [5.74, 6) is 0.338. The summed E-state index contributed by atoms with van der Waals surface area (Å²) >= 11 is 0. The van der Waals surface area contributed by atoms with Gasteiger partial charge in [0, 0.05) is 0 Å². The van der Waals surface area contributed by atoms with Crippen molar-refractivity contribution in [2.45, 2.75) is 18.6 Å². The van der Waals surface area contributed by atoms with E-state index >= 15 is 0 Å². The highest BCUT2D eigenvalue weighted by Crippen LogP contribution is 2.20. The molecule has 0 spiro atoms. The van der Waals surface area contributed by atoms with Crippen LogP contribution in [0.4, 0.5) is 0 Å². The van der Waals surface area contributed by atoms with Crippen molar-refractivity contribution in [3.63, 3.8) is 0 Å². The van der Waals surface area contributed by atoms with Crippen molar-refractivity contribution < 1.29 is 8.42 Å². The predicted octanol–water partition coefficient (Wildman–Crippen LogP) is -0.449. The van der Waals surface area contributed by atoms with E-state index in [1.54, 1.807) is 13.8 Å². The van der Waals surface area contributed by atoms with E-state index in [0.717, 1.165) is 0 Å². The Morgan fingerprint density at radius 2 is 2.09 bits per heavy atom. The minimum atomic E-state index is -3.07. The van der Waals surface area contributed by atoms with Crippen LogP contribution >= 0.6 is 0 Å². The smallest absolute Gasteiger partial charge is 0.164 e. The highest BCUT2D eigenvalue weighted by Gasteiger charge is 2.39. The fourth-order valence-electron chi connectivity index (χ4n) is 0.891. The van der Waals surface area contributed by atoms with Gasteiger partial charge in [-0.1, -0.05) is 0 Å². The van der Waals surface area contributed by atoms with Gasteiger partial charge in [0.2, 0.25) is 0 Å². The quantitative estimate of drug-likeness (QED) is 0.543. The molecular weight excluding hydrogens is 164 g/mol. The van der Waals surface area contributed by atoms with Gasteiger partial charge in [0.1, 0.15) is 10.6 Å². The summed E-state index contributed by atoms with van der Waals surface area (Å²) in [6.45, 7) is 3.47. The molecule has 0 unspecified atom stereocenters. The van der Waals surface area contributed by atoms with Crippen LogP contribution in [-0.4, -0.2) is 31.3 Å². The average Bonchev–Trinajstić information content (AvgIpc) is 1.84. The average molecular weight is 176 g/mol. The number of nitrogens with zero attached hydrogens (tertiary/aromatic N) is 1. The van der Waals surface area contributed by atoms with Crippen LogP contribution in [0.3, 0.4) is 0 Å². The Hall–Kier alpha value is -0.580. The number of amidine groups is 1. The zero-order valence-electron chi connectivity index (χ0n) is 6.66. The maximum absolute atomic E-state index is 11.4. The van der Waals surface area contributed by atoms with Crippen molar-refractivity contribution in [2.75, 3.05) is 12.3 Å². The minimum Gasteiger partial charge on any atom is -0.386 e. The molecule has 4 nitrogen and oxygen atoms in total. The fourth-order valence-corrected chi connectivity index (χ4v) is 2.12. The molecule has 0 saturated heterocycles. The number of hydrogen-bond donors (Lipinski definition) is 1. The van der Waals surface area contributed by atoms with Crippen LogP contribution in [0.1, 0.15) is 13.8 Å². The number of nitrogens with two attached hydrogens (primary N) is 1. The Labute approximate surface area is 66.4 Å². The van der Waals surface area contributed by atoms with Crippen molar-refractivity contribution in [2.24, 2.45) is 10.7 Å². The molecule has 5 heteroatoms. The van der Waals surface area contributed by atoms with Gasteiger partial charge in [-0.25, -0.2) is 8.42 Å². The molecule has 0 amide bonds. The van der Waals surface area contributed by atoms with Gasteiger partial charge < -0.3 is 5.73 Å². The molecule has 2 N–H and O–H groups in total. The summed E-state index contributed by atoms with van der Waals surface area (Å²) in [6.07, 6.45) is 0. The summed E-state index contributed by atoms with van der Waals surface area (Å²) in [5.41, 5.74) is 5.46. The van der Waals surface area contributed by atoms with Crippen LogP contribution in [-0.2, 0) is 9.84 Å². The van der Waals surface area contributed by atoms with E-state index in [1.807, 2.05) is 0 Å². The van der Waals surface area contributed by atoms with E-state index in [1.165, 1.54) is 0 Å². The standard InChI is InChI=1S/C6H12N2O2S/c1-6(2)5(7)8-3-4-11(6,9)10/h3-4H2,1-2H3,(H2,7,8). The monoisotopic (exact) mass is 176 g/mol. The Bertz CT molecular complexity index is 290. The number of aliphatic imine (C=N–C) groups is 1. The third-order valence-electron chi connectivity index (χ3n) is 2.04. The van der Waals surface area contributed by atoms with Gasteiger partial charge in [-0.05, 0) is 13.8 Å². The van der Waals surface area contributed by atoms with E-state index in [4.69, 9.17) is 5.73 Å². The lowest BCUT2D eigenvalue weighted by Crippen LogP contribution is -2.49. The third kappa shape index (κ3) is 1.13. The van der Waals surface area contributed by atoms with Gasteiger partial charge in [-0.15, -0.1) is 0 Å². The van der Waals surface area contributed by atoms with Crippen LogP contribution in [0.15, 0.2) is 4.99 Å². The van der Waals surface area contributed by atoms with E-state index in [2.05, 4.69) is 4.99 Å². The Balaban J connectivity index is 3.22. The second-order valence-electron chi connectivity index (χ2n) is 3.10. The second-order valence-corrected chi connectivity index (χ2v) is 5.75. The molecule has 0 fully saturated rings. The van der Waals surface area contributed by atoms with Crippen LogP contribution < -0.4 is 5.73 Å². The number of hydrogen-bond acceptors (Lipinski definition) is 4. The summed E-state index contributed by atoms with van der Waals surface area (Å²) in [6, 6.07) is 0. The van der Waals surface area contributed by atoms with Crippen LogP contribution in [0.25, 0.3) is 0 Å². The molecule has 0 atom stereocenters. The van der Waals surface area contributed by atoms with Crippen molar-refractivity contribution in [1.29, 1.82) is 0 Å². The van der Waals surface area contributed by atoms with Gasteiger partial charge in [0.15, 0.2) is 9.84 Å². The molecule has 64 valence electrons. The van der Waals surface area contributed by atoms with Crippen molar-refractivity contribution in [1.82, 2.24) is 0 Å². The largest absolute Gasteiger partial charge is 0.386 e. The van der Waals surface area contributed by atoms with Crippen LogP contribution in [0.5, 0.6) is 0 Å². The molecule has 1 aliphatic heterocycles. The third-order valence-corrected chi connectivity index (χ3v) is 4.52. The molecular formula is C6H12N2O2S. The molecule has 1 rings (SSSR count). The van der Waals surface area contributed by atoms with Gasteiger partial charge in [0.25, 0.3) is 0 Å². The first-order valence-corrected chi connectivity index (χ1v) is 5.06. The molecule has 0 bridgehead atoms. The Morgan fingerprint density at radius 3 is 2.45 bits per heavy atom. The molecule has 0 aliphatic carbocycles. The maximum Gasteiger partial charge on any atom is 0.164 e. The topological polar surface area (TPSA) is 72.5 Å². The molecule has 1 aliphatic rings. The summed E-state index contributed by atoms with van der Waals surface area (Å²) in [7, 11) is -3.07. The summed E-state index contributed by atoms with van der Waals surface area (Å²) in [5, 5.41) is 0. The normalized spacial score (nSPS) is 27.6. The lowest BCUT2D eigenvalue weighted by atomic mass is 10.2. The zero-order chi connectivity index (χ0) is 8.70. The lowest BCUT2D eigenvalue weighted by Gasteiger charge is -2.27. The van der Waals surface area contributed by atoms with Crippen LogP contribution in [0.2, 0.25) is 0 Å². The first kappa shape index (κ1) is 8.52.